The lowest BCUT2D eigenvalue weighted by molar-refractivity contribution is -0.0321. The van der Waals surface area contributed by atoms with Crippen LogP contribution in [0.15, 0.2) is 54.6 Å². The van der Waals surface area contributed by atoms with Crippen LogP contribution in [-0.2, 0) is 16.8 Å². The first-order valence-corrected chi connectivity index (χ1v) is 6.99. The Morgan fingerprint density at radius 1 is 1.10 bits per heavy atom. The Morgan fingerprint density at radius 3 is 2.57 bits per heavy atom. The van der Waals surface area contributed by atoms with Crippen molar-refractivity contribution in [3.63, 3.8) is 0 Å². The molecule has 1 aliphatic heterocycles. The molecule has 0 N–H and O–H groups in total. The van der Waals surface area contributed by atoms with Crippen LogP contribution in [0.3, 0.4) is 0 Å². The van der Waals surface area contributed by atoms with Crippen LogP contribution in [0, 0.1) is 11.3 Å². The number of ether oxygens (including phenoxy) is 1. The number of hydrogen-bond donors (Lipinski definition) is 0. The molecule has 1 heterocycles. The standard InChI is InChI=1S/C18H15NO2/c19-12-6-11-18(15-8-2-1-3-9-15)13-14-7-4-5-10-16(14)17(20)21-18/h1-5,7-10H,6,11,13H2. The number of hydrogen-bond acceptors (Lipinski definition) is 3. The fourth-order valence-electron chi connectivity index (χ4n) is 2.89. The van der Waals surface area contributed by atoms with Gasteiger partial charge in [-0.1, -0.05) is 48.5 Å². The Balaban J connectivity index is 2.07. The van der Waals surface area contributed by atoms with Crippen molar-refractivity contribution in [2.45, 2.75) is 24.9 Å². The van der Waals surface area contributed by atoms with Crippen molar-refractivity contribution >= 4 is 5.97 Å². The molecule has 104 valence electrons. The Kier molecular flexibility index (Phi) is 3.45. The zero-order chi connectivity index (χ0) is 14.7. The van der Waals surface area contributed by atoms with Gasteiger partial charge in [-0.2, -0.15) is 5.26 Å². The van der Waals surface area contributed by atoms with E-state index in [1.807, 2.05) is 48.5 Å². The zero-order valence-electron chi connectivity index (χ0n) is 11.6. The molecule has 2 aromatic carbocycles. The van der Waals surface area contributed by atoms with Crippen molar-refractivity contribution < 1.29 is 9.53 Å². The first-order valence-electron chi connectivity index (χ1n) is 6.99. The normalized spacial score (nSPS) is 20.2. The van der Waals surface area contributed by atoms with Crippen LogP contribution in [-0.4, -0.2) is 5.97 Å². The number of carbonyl (C=O) groups is 1. The molecule has 0 spiro atoms. The van der Waals surface area contributed by atoms with Gasteiger partial charge in [-0.15, -0.1) is 0 Å². The number of cyclic esters (lactones) is 1. The van der Waals surface area contributed by atoms with Crippen LogP contribution in [0.4, 0.5) is 0 Å². The van der Waals surface area contributed by atoms with Crippen LogP contribution in [0.1, 0.15) is 34.3 Å². The van der Waals surface area contributed by atoms with Crippen LogP contribution in [0.2, 0.25) is 0 Å². The zero-order valence-corrected chi connectivity index (χ0v) is 11.6. The lowest BCUT2D eigenvalue weighted by Gasteiger charge is -2.37. The Bertz CT molecular complexity index is 703. The van der Waals surface area contributed by atoms with E-state index in [1.165, 1.54) is 0 Å². The third-order valence-electron chi connectivity index (χ3n) is 3.94. The summed E-state index contributed by atoms with van der Waals surface area (Å²) in [7, 11) is 0. The van der Waals surface area contributed by atoms with Crippen LogP contribution in [0.5, 0.6) is 0 Å². The molecule has 0 aliphatic carbocycles. The maximum Gasteiger partial charge on any atom is 0.339 e. The smallest absolute Gasteiger partial charge is 0.339 e. The van der Waals surface area contributed by atoms with Crippen molar-refractivity contribution in [2.75, 3.05) is 0 Å². The lowest BCUT2D eigenvalue weighted by atomic mass is 9.80. The average molecular weight is 277 g/mol. The van der Waals surface area contributed by atoms with Gasteiger partial charge >= 0.3 is 5.97 Å². The van der Waals surface area contributed by atoms with Crippen molar-refractivity contribution in [2.24, 2.45) is 0 Å². The van der Waals surface area contributed by atoms with E-state index in [0.717, 1.165) is 11.1 Å². The van der Waals surface area contributed by atoms with Gasteiger partial charge in [-0.25, -0.2) is 4.79 Å². The predicted octanol–water partition coefficient (Wildman–Crippen LogP) is 3.60. The SMILES string of the molecule is N#CCCC1(c2ccccc2)Cc2ccccc2C(=O)O1. The van der Waals surface area contributed by atoms with Crippen LogP contribution < -0.4 is 0 Å². The van der Waals surface area contributed by atoms with Gasteiger partial charge < -0.3 is 4.74 Å². The Hall–Kier alpha value is -2.60. The molecule has 3 nitrogen and oxygen atoms in total. The number of fused-ring (bicyclic) bond motifs is 1. The number of nitriles is 1. The Morgan fingerprint density at radius 2 is 1.81 bits per heavy atom. The minimum absolute atomic E-state index is 0.307. The fraction of sp³-hybridized carbons (Fsp3) is 0.222. The molecule has 1 unspecified atom stereocenters. The summed E-state index contributed by atoms with van der Waals surface area (Å²) in [4.78, 5) is 12.3. The molecule has 1 atom stereocenters. The second-order valence-corrected chi connectivity index (χ2v) is 5.24. The molecule has 3 rings (SSSR count). The van der Waals surface area contributed by atoms with E-state index in [9.17, 15) is 4.79 Å². The minimum atomic E-state index is -0.734. The number of nitrogens with zero attached hydrogens (tertiary/aromatic N) is 1. The largest absolute Gasteiger partial charge is 0.450 e. The molecule has 0 bridgehead atoms. The van der Waals surface area contributed by atoms with Gasteiger partial charge in [0.25, 0.3) is 0 Å². The first-order chi connectivity index (χ1) is 10.2. The van der Waals surface area contributed by atoms with E-state index >= 15 is 0 Å². The molecule has 0 radical (unpaired) electrons. The quantitative estimate of drug-likeness (QED) is 0.805. The van der Waals surface area contributed by atoms with Gasteiger partial charge in [0.15, 0.2) is 0 Å². The second kappa shape index (κ2) is 5.41. The van der Waals surface area contributed by atoms with E-state index < -0.39 is 5.60 Å². The summed E-state index contributed by atoms with van der Waals surface area (Å²) in [6.45, 7) is 0. The lowest BCUT2D eigenvalue weighted by Crippen LogP contribution is -2.39. The molecule has 0 aromatic heterocycles. The first kappa shape index (κ1) is 13.4. The highest BCUT2D eigenvalue weighted by molar-refractivity contribution is 5.92. The molecule has 1 aliphatic rings. The van der Waals surface area contributed by atoms with E-state index in [0.29, 0.717) is 24.8 Å². The molecule has 0 saturated heterocycles. The van der Waals surface area contributed by atoms with E-state index in [4.69, 9.17) is 10.00 Å². The predicted molar refractivity (Wildman–Crippen MR) is 78.5 cm³/mol. The van der Waals surface area contributed by atoms with E-state index in [-0.39, 0.29) is 5.97 Å². The highest BCUT2D eigenvalue weighted by Crippen LogP contribution is 2.39. The van der Waals surface area contributed by atoms with Crippen molar-refractivity contribution in [3.05, 3.63) is 71.3 Å². The van der Waals surface area contributed by atoms with E-state index in [1.54, 1.807) is 6.07 Å². The van der Waals surface area contributed by atoms with Crippen LogP contribution in [0.25, 0.3) is 0 Å². The van der Waals surface area contributed by atoms with Gasteiger partial charge in [0.2, 0.25) is 0 Å². The monoisotopic (exact) mass is 277 g/mol. The third-order valence-corrected chi connectivity index (χ3v) is 3.94. The van der Waals surface area contributed by atoms with Crippen molar-refractivity contribution in [1.82, 2.24) is 0 Å². The number of esters is 1. The van der Waals surface area contributed by atoms with Gasteiger partial charge in [0.05, 0.1) is 11.6 Å². The average Bonchev–Trinajstić information content (AvgIpc) is 2.54. The molecule has 2 aromatic rings. The Labute approximate surface area is 123 Å². The summed E-state index contributed by atoms with van der Waals surface area (Å²) in [5, 5.41) is 8.93. The number of rotatable bonds is 3. The molecule has 21 heavy (non-hydrogen) atoms. The summed E-state index contributed by atoms with van der Waals surface area (Å²) < 4.78 is 5.80. The topological polar surface area (TPSA) is 50.1 Å². The van der Waals surface area contributed by atoms with Crippen LogP contribution >= 0.6 is 0 Å². The molecule has 3 heteroatoms. The molecule has 0 saturated carbocycles. The molecular formula is C18H15NO2. The maximum atomic E-state index is 12.3. The van der Waals surface area contributed by atoms with Crippen molar-refractivity contribution in [1.29, 1.82) is 5.26 Å². The van der Waals surface area contributed by atoms with Gasteiger partial charge in [0.1, 0.15) is 5.60 Å². The summed E-state index contributed by atoms with van der Waals surface area (Å²) >= 11 is 0. The highest BCUT2D eigenvalue weighted by atomic mass is 16.6. The summed E-state index contributed by atoms with van der Waals surface area (Å²) in [5.41, 5.74) is 1.82. The maximum absolute atomic E-state index is 12.3. The summed E-state index contributed by atoms with van der Waals surface area (Å²) in [5.74, 6) is -0.307. The molecule has 0 amide bonds. The molecular weight excluding hydrogens is 262 g/mol. The number of carbonyl (C=O) groups excluding carboxylic acids is 1. The summed E-state index contributed by atoms with van der Waals surface area (Å²) in [6.07, 6.45) is 1.47. The van der Waals surface area contributed by atoms with Gasteiger partial charge in [-0.3, -0.25) is 0 Å². The number of benzene rings is 2. The molecule has 0 fully saturated rings. The summed E-state index contributed by atoms with van der Waals surface area (Å²) in [6, 6.07) is 19.4. The fourth-order valence-corrected chi connectivity index (χ4v) is 2.89. The van der Waals surface area contributed by atoms with Gasteiger partial charge in [0, 0.05) is 19.3 Å². The highest BCUT2D eigenvalue weighted by Gasteiger charge is 2.41. The second-order valence-electron chi connectivity index (χ2n) is 5.24. The van der Waals surface area contributed by atoms with E-state index in [2.05, 4.69) is 6.07 Å². The van der Waals surface area contributed by atoms with Gasteiger partial charge in [-0.05, 0) is 17.2 Å². The third kappa shape index (κ3) is 2.41. The minimum Gasteiger partial charge on any atom is -0.450 e. The van der Waals surface area contributed by atoms with Crippen molar-refractivity contribution in [3.8, 4) is 6.07 Å².